The summed E-state index contributed by atoms with van der Waals surface area (Å²) in [5.41, 5.74) is 2.13. The Hall–Kier alpha value is -3.54. The van der Waals surface area contributed by atoms with Gasteiger partial charge in [-0.2, -0.15) is 9.90 Å². The zero-order chi connectivity index (χ0) is 20.1. The number of aromatic nitrogens is 6. The second-order valence-electron chi connectivity index (χ2n) is 6.90. The second-order valence-corrected chi connectivity index (χ2v) is 6.90. The predicted octanol–water partition coefficient (Wildman–Crippen LogP) is 0.508. The number of ether oxygens (including phenoxy) is 1. The van der Waals surface area contributed by atoms with Gasteiger partial charge in [-0.05, 0) is 29.5 Å². The maximum atomic E-state index is 14.8. The van der Waals surface area contributed by atoms with E-state index in [-0.39, 0.29) is 13.2 Å². The Labute approximate surface area is 163 Å². The van der Waals surface area contributed by atoms with E-state index in [1.165, 1.54) is 15.8 Å². The molecule has 2 aliphatic rings. The minimum absolute atomic E-state index is 0.180. The number of hydrogen-bond acceptors (Lipinski definition) is 8. The number of aliphatic hydroxyl groups excluding tert-OH is 1. The highest BCUT2D eigenvalue weighted by Crippen LogP contribution is 2.30. The lowest BCUT2D eigenvalue weighted by molar-refractivity contribution is 0.0963. The number of aryl methyl sites for hydroxylation is 1. The number of fused-ring (bicyclic) bond motifs is 1. The van der Waals surface area contributed by atoms with Gasteiger partial charge >= 0.3 is 6.09 Å². The van der Waals surface area contributed by atoms with Gasteiger partial charge < -0.3 is 14.7 Å². The van der Waals surface area contributed by atoms with Gasteiger partial charge in [0.25, 0.3) is 5.95 Å². The summed E-state index contributed by atoms with van der Waals surface area (Å²) in [6.07, 6.45) is -1.21. The van der Waals surface area contributed by atoms with Crippen LogP contribution in [-0.2, 0) is 25.0 Å². The van der Waals surface area contributed by atoms with Gasteiger partial charge in [0.05, 0.1) is 43.8 Å². The van der Waals surface area contributed by atoms with Gasteiger partial charge in [0.1, 0.15) is 18.6 Å². The first-order valence-corrected chi connectivity index (χ1v) is 8.96. The second kappa shape index (κ2) is 6.51. The van der Waals surface area contributed by atoms with Gasteiger partial charge in [-0.15, -0.1) is 5.10 Å². The van der Waals surface area contributed by atoms with Crippen LogP contribution in [-0.4, -0.2) is 60.4 Å². The van der Waals surface area contributed by atoms with Crippen LogP contribution in [0.15, 0.2) is 24.3 Å². The first-order valence-electron chi connectivity index (χ1n) is 8.96. The Morgan fingerprint density at radius 1 is 1.31 bits per heavy atom. The summed E-state index contributed by atoms with van der Waals surface area (Å²) in [5.74, 6) is 0.0146. The molecule has 3 aromatic rings. The number of anilines is 2. The number of nitrogens with zero attached hydrogens (tertiary/aromatic N) is 8. The molecule has 2 aliphatic heterocycles. The molecule has 1 N–H and O–H groups in total. The van der Waals surface area contributed by atoms with E-state index >= 15 is 0 Å². The molecule has 29 heavy (non-hydrogen) atoms. The number of carbonyl (C=O) groups excluding carboxylic acids is 1. The topological polar surface area (TPSA) is 114 Å². The van der Waals surface area contributed by atoms with Crippen molar-refractivity contribution >= 4 is 17.7 Å². The summed E-state index contributed by atoms with van der Waals surface area (Å²) in [5, 5.41) is 25.6. The number of tetrazole rings is 1. The van der Waals surface area contributed by atoms with Crippen LogP contribution in [0.25, 0.3) is 11.3 Å². The Bertz CT molecular complexity index is 1070. The quantitative estimate of drug-likeness (QED) is 0.674. The molecule has 1 aromatic carbocycles. The largest absolute Gasteiger partial charge is 0.441 e. The van der Waals surface area contributed by atoms with Crippen LogP contribution in [0.5, 0.6) is 0 Å². The van der Waals surface area contributed by atoms with Crippen molar-refractivity contribution in [1.82, 2.24) is 30.0 Å². The number of aliphatic hydroxyl groups is 1. The molecule has 1 unspecified atom stereocenters. The van der Waals surface area contributed by atoms with Crippen molar-refractivity contribution in [3.8, 4) is 11.3 Å². The van der Waals surface area contributed by atoms with Crippen LogP contribution in [0.4, 0.5) is 20.8 Å². The number of amides is 1. The number of hydrogen-bond donors (Lipinski definition) is 1. The van der Waals surface area contributed by atoms with E-state index in [0.717, 1.165) is 5.69 Å². The van der Waals surface area contributed by atoms with E-state index in [1.54, 1.807) is 23.9 Å². The molecular weight excluding hydrogens is 383 g/mol. The molecule has 1 fully saturated rings. The first kappa shape index (κ1) is 17.6. The third-order valence-corrected chi connectivity index (χ3v) is 4.92. The van der Waals surface area contributed by atoms with E-state index in [4.69, 9.17) is 9.84 Å². The molecule has 0 spiro atoms. The average Bonchev–Trinajstić information content (AvgIpc) is 3.44. The maximum Gasteiger partial charge on any atom is 0.414 e. The molecule has 4 heterocycles. The van der Waals surface area contributed by atoms with E-state index in [1.807, 2.05) is 11.0 Å². The molecular formula is C17H17FN8O3. The third-order valence-electron chi connectivity index (χ3n) is 4.92. The highest BCUT2D eigenvalue weighted by Gasteiger charge is 2.32. The number of carbonyl (C=O) groups is 1. The SMILES string of the molecule is Cn1nnc(N2Cc3cc(-c4ccc(N5CC(CO)OC5=O)cc4F)nn3C2)n1. The fourth-order valence-corrected chi connectivity index (χ4v) is 3.49. The molecule has 0 aliphatic carbocycles. The summed E-state index contributed by atoms with van der Waals surface area (Å²) < 4.78 is 21.5. The van der Waals surface area contributed by atoms with Gasteiger partial charge in [-0.25, -0.2) is 13.9 Å². The molecule has 1 atom stereocenters. The van der Waals surface area contributed by atoms with Crippen molar-refractivity contribution in [2.45, 2.75) is 19.3 Å². The van der Waals surface area contributed by atoms with Crippen molar-refractivity contribution in [3.63, 3.8) is 0 Å². The predicted molar refractivity (Wildman–Crippen MR) is 97.3 cm³/mol. The lowest BCUT2D eigenvalue weighted by Gasteiger charge is -2.14. The normalized spacial score (nSPS) is 18.4. The van der Waals surface area contributed by atoms with E-state index < -0.39 is 18.0 Å². The smallest absolute Gasteiger partial charge is 0.414 e. The van der Waals surface area contributed by atoms with Crippen molar-refractivity contribution in [2.75, 3.05) is 23.0 Å². The highest BCUT2D eigenvalue weighted by molar-refractivity contribution is 5.90. The molecule has 150 valence electrons. The summed E-state index contributed by atoms with van der Waals surface area (Å²) in [6, 6.07) is 6.32. The summed E-state index contributed by atoms with van der Waals surface area (Å²) in [4.78, 5) is 16.5. The van der Waals surface area contributed by atoms with Gasteiger partial charge in [-0.3, -0.25) is 4.90 Å². The molecule has 11 nitrogen and oxygen atoms in total. The molecule has 0 saturated carbocycles. The van der Waals surface area contributed by atoms with Crippen LogP contribution in [0.3, 0.4) is 0 Å². The fraction of sp³-hybridized carbons (Fsp3) is 0.353. The molecule has 0 radical (unpaired) electrons. The van der Waals surface area contributed by atoms with Crippen LogP contribution in [0.1, 0.15) is 5.69 Å². The Balaban J connectivity index is 1.36. The molecule has 12 heteroatoms. The number of rotatable bonds is 4. The third kappa shape index (κ3) is 2.97. The van der Waals surface area contributed by atoms with Crippen molar-refractivity contribution in [2.24, 2.45) is 7.05 Å². The standard InChI is InChI=1S/C17H17FN8O3/c1-23-21-16(19-22-23)24-6-11-5-15(20-26(11)9-24)13-3-2-10(4-14(13)18)25-7-12(8-27)29-17(25)28/h2-5,12,27H,6-9H2,1H3. The van der Waals surface area contributed by atoms with Gasteiger partial charge in [0.15, 0.2) is 0 Å². The Morgan fingerprint density at radius 3 is 2.83 bits per heavy atom. The minimum Gasteiger partial charge on any atom is -0.441 e. The monoisotopic (exact) mass is 400 g/mol. The maximum absolute atomic E-state index is 14.8. The van der Waals surface area contributed by atoms with E-state index in [0.29, 0.717) is 36.1 Å². The lowest BCUT2D eigenvalue weighted by atomic mass is 10.1. The van der Waals surface area contributed by atoms with Crippen molar-refractivity contribution in [1.29, 1.82) is 0 Å². The van der Waals surface area contributed by atoms with E-state index in [2.05, 4.69) is 20.5 Å². The van der Waals surface area contributed by atoms with Crippen LogP contribution >= 0.6 is 0 Å². The average molecular weight is 400 g/mol. The van der Waals surface area contributed by atoms with Crippen molar-refractivity contribution in [3.05, 3.63) is 35.8 Å². The summed E-state index contributed by atoms with van der Waals surface area (Å²) >= 11 is 0. The highest BCUT2D eigenvalue weighted by atomic mass is 19.1. The van der Waals surface area contributed by atoms with Crippen LogP contribution < -0.4 is 9.80 Å². The number of cyclic esters (lactones) is 1. The van der Waals surface area contributed by atoms with Crippen LogP contribution in [0.2, 0.25) is 0 Å². The Morgan fingerprint density at radius 2 is 2.17 bits per heavy atom. The first-order chi connectivity index (χ1) is 14.0. The van der Waals surface area contributed by atoms with E-state index in [9.17, 15) is 9.18 Å². The minimum atomic E-state index is -0.604. The molecule has 5 rings (SSSR count). The summed E-state index contributed by atoms with van der Waals surface area (Å²) in [6.45, 7) is 0.896. The molecule has 1 saturated heterocycles. The van der Waals surface area contributed by atoms with Gasteiger partial charge in [0, 0.05) is 5.56 Å². The molecule has 1 amide bonds. The lowest BCUT2D eigenvalue weighted by Crippen LogP contribution is -2.25. The van der Waals surface area contributed by atoms with Gasteiger partial charge in [0.2, 0.25) is 0 Å². The Kier molecular flexibility index (Phi) is 3.94. The zero-order valence-corrected chi connectivity index (χ0v) is 15.4. The van der Waals surface area contributed by atoms with Crippen molar-refractivity contribution < 1.29 is 19.0 Å². The fourth-order valence-electron chi connectivity index (χ4n) is 3.49. The van der Waals surface area contributed by atoms with Gasteiger partial charge in [-0.1, -0.05) is 5.10 Å². The molecule has 2 aromatic heterocycles. The number of benzene rings is 1. The molecule has 0 bridgehead atoms. The number of halogens is 1. The zero-order valence-electron chi connectivity index (χ0n) is 15.4. The van der Waals surface area contributed by atoms with Crippen LogP contribution in [0, 0.1) is 5.82 Å². The summed E-state index contributed by atoms with van der Waals surface area (Å²) in [7, 11) is 1.70.